The van der Waals surface area contributed by atoms with Gasteiger partial charge in [-0.2, -0.15) is 0 Å². The van der Waals surface area contributed by atoms with Gasteiger partial charge in [0, 0.05) is 6.42 Å². The largest absolute Gasteiger partial charge is 0.482 e. The molecule has 0 spiro atoms. The maximum Gasteiger partial charge on any atom is 0.482 e. The lowest BCUT2D eigenvalue weighted by molar-refractivity contribution is -0.199. The molecule has 5 aliphatic rings. The number of carbonyl (C=O) groups excluding carboxylic acids is 1. The number of hydrogen-bond donors (Lipinski definition) is 1. The average Bonchev–Trinajstić information content (AvgIpc) is 3.01. The molecule has 8 heteroatoms. The minimum atomic E-state index is -2.93. The molecule has 140 valence electrons. The number of carbonyl (C=O) groups is 1. The molecule has 2 saturated heterocycles. The van der Waals surface area contributed by atoms with E-state index in [0.29, 0.717) is 11.8 Å². The highest BCUT2D eigenvalue weighted by atomic mass is 19.3. The summed E-state index contributed by atoms with van der Waals surface area (Å²) in [6.07, 6.45) is 1.46. The fourth-order valence-electron chi connectivity index (χ4n) is 5.66. The van der Waals surface area contributed by atoms with Crippen LogP contribution in [0.15, 0.2) is 0 Å². The van der Waals surface area contributed by atoms with E-state index < -0.39 is 49.5 Å². The van der Waals surface area contributed by atoms with Crippen molar-refractivity contribution in [1.82, 2.24) is 4.90 Å². The van der Waals surface area contributed by atoms with Gasteiger partial charge in [0.2, 0.25) is 5.91 Å². The van der Waals surface area contributed by atoms with Crippen LogP contribution in [0.1, 0.15) is 47.0 Å². The Kier molecular flexibility index (Phi) is 3.65. The predicted molar refractivity (Wildman–Crippen MR) is 88.8 cm³/mol. The zero-order chi connectivity index (χ0) is 18.4. The number of nitrogens with two attached hydrogens (primary N) is 1. The number of nitrogens with zero attached hydrogens (tertiary/aromatic N) is 1. The number of hydrogen-bond acceptors (Lipinski definition) is 4. The van der Waals surface area contributed by atoms with Crippen molar-refractivity contribution in [1.29, 1.82) is 0 Å². The van der Waals surface area contributed by atoms with E-state index in [1.165, 1.54) is 11.8 Å². The van der Waals surface area contributed by atoms with Crippen molar-refractivity contribution < 1.29 is 22.9 Å². The van der Waals surface area contributed by atoms with E-state index in [1.807, 2.05) is 6.92 Å². The molecule has 2 N–H and O–H groups in total. The Morgan fingerprint density at radius 3 is 2.60 bits per heavy atom. The predicted octanol–water partition coefficient (Wildman–Crippen LogP) is 1.84. The molecule has 0 aromatic rings. The van der Waals surface area contributed by atoms with E-state index in [9.17, 15) is 13.6 Å². The van der Waals surface area contributed by atoms with Crippen molar-refractivity contribution in [2.24, 2.45) is 23.0 Å². The zero-order valence-corrected chi connectivity index (χ0v) is 15.3. The van der Waals surface area contributed by atoms with Crippen molar-refractivity contribution in [2.45, 2.75) is 76.6 Å². The molecular formula is C17H27BF2N2O3. The monoisotopic (exact) mass is 356 g/mol. The van der Waals surface area contributed by atoms with Gasteiger partial charge in [-0.3, -0.25) is 4.79 Å². The molecule has 3 saturated carbocycles. The van der Waals surface area contributed by atoms with E-state index in [1.54, 1.807) is 0 Å². The highest BCUT2D eigenvalue weighted by Crippen LogP contribution is 2.66. The summed E-state index contributed by atoms with van der Waals surface area (Å²) in [6, 6.07) is -0.817. The van der Waals surface area contributed by atoms with E-state index in [4.69, 9.17) is 15.0 Å². The molecule has 0 radical (unpaired) electrons. The van der Waals surface area contributed by atoms with Gasteiger partial charge in [-0.1, -0.05) is 13.8 Å². The van der Waals surface area contributed by atoms with Gasteiger partial charge in [-0.15, -0.1) is 0 Å². The third kappa shape index (κ3) is 2.40. The number of amides is 1. The summed E-state index contributed by atoms with van der Waals surface area (Å²) in [5.74, 6) is -3.24. The Balaban J connectivity index is 1.57. The topological polar surface area (TPSA) is 64.8 Å². The third-order valence-electron chi connectivity index (χ3n) is 7.27. The summed E-state index contributed by atoms with van der Waals surface area (Å²) >= 11 is 0. The molecule has 3 aliphatic carbocycles. The van der Waals surface area contributed by atoms with Crippen molar-refractivity contribution in [3.63, 3.8) is 0 Å². The van der Waals surface area contributed by atoms with Crippen molar-refractivity contribution >= 4 is 13.0 Å². The summed E-state index contributed by atoms with van der Waals surface area (Å²) in [6.45, 7) is 7.45. The van der Waals surface area contributed by atoms with Crippen LogP contribution in [0.3, 0.4) is 0 Å². The van der Waals surface area contributed by atoms with E-state index in [0.717, 1.165) is 12.8 Å². The standard InChI is InChI=1S/C17H27BF2N2O3/c1-9(21)14(23)22-8-17(19,20)7-13(22)18-24-12-6-10-5-11(15(10,2)3)16(12,4)25-18/h9-13H,5-8,21H2,1-4H3/t9-,10+,11+,12?,13?,16+/m1/s1. The fourth-order valence-corrected chi connectivity index (χ4v) is 5.66. The molecule has 1 amide bonds. The number of rotatable bonds is 2. The highest BCUT2D eigenvalue weighted by Gasteiger charge is 2.69. The Hall–Kier alpha value is -0.725. The van der Waals surface area contributed by atoms with Crippen LogP contribution in [0.5, 0.6) is 0 Å². The van der Waals surface area contributed by atoms with E-state index >= 15 is 0 Å². The fraction of sp³-hybridized carbons (Fsp3) is 0.941. The SMILES string of the molecule is C[C@@H](N)C(=O)N1CC(F)(F)CC1B1OC2C[C@@H]3C[C@@H](C3(C)C)[C@]2(C)O1. The lowest BCUT2D eigenvalue weighted by Crippen LogP contribution is -2.65. The van der Waals surface area contributed by atoms with Crippen LogP contribution in [0.25, 0.3) is 0 Å². The van der Waals surface area contributed by atoms with Crippen LogP contribution in [-0.4, -0.2) is 54.1 Å². The van der Waals surface area contributed by atoms with E-state index in [2.05, 4.69) is 13.8 Å². The first kappa shape index (κ1) is 17.7. The van der Waals surface area contributed by atoms with Gasteiger partial charge in [0.25, 0.3) is 5.92 Å². The van der Waals surface area contributed by atoms with Gasteiger partial charge in [-0.05, 0) is 43.9 Å². The van der Waals surface area contributed by atoms with Crippen LogP contribution in [0.4, 0.5) is 8.78 Å². The maximum absolute atomic E-state index is 14.0. The Morgan fingerprint density at radius 2 is 2.00 bits per heavy atom. The van der Waals surface area contributed by atoms with Gasteiger partial charge in [-0.25, -0.2) is 8.78 Å². The zero-order valence-electron chi connectivity index (χ0n) is 15.3. The molecule has 6 atom stereocenters. The number of halogens is 2. The van der Waals surface area contributed by atoms with Gasteiger partial charge in [0.05, 0.1) is 30.2 Å². The van der Waals surface area contributed by atoms with Crippen molar-refractivity contribution in [2.75, 3.05) is 6.54 Å². The molecule has 0 aromatic heterocycles. The molecule has 5 rings (SSSR count). The third-order valence-corrected chi connectivity index (χ3v) is 7.27. The minimum absolute atomic E-state index is 0.0873. The Bertz CT molecular complexity index is 602. The second-order valence-corrected chi connectivity index (χ2v) is 9.22. The molecule has 2 bridgehead atoms. The van der Waals surface area contributed by atoms with Crippen LogP contribution >= 0.6 is 0 Å². The lowest BCUT2D eigenvalue weighted by atomic mass is 9.43. The molecule has 2 unspecified atom stereocenters. The second-order valence-electron chi connectivity index (χ2n) is 9.22. The Labute approximate surface area is 147 Å². The van der Waals surface area contributed by atoms with Crippen molar-refractivity contribution in [3.8, 4) is 0 Å². The first-order chi connectivity index (χ1) is 11.5. The number of alkyl halides is 2. The molecule has 5 nitrogen and oxygen atoms in total. The van der Waals surface area contributed by atoms with Crippen molar-refractivity contribution in [3.05, 3.63) is 0 Å². The summed E-state index contributed by atoms with van der Waals surface area (Å²) in [4.78, 5) is 13.5. The van der Waals surface area contributed by atoms with Crippen LogP contribution in [0.2, 0.25) is 0 Å². The first-order valence-corrected chi connectivity index (χ1v) is 9.23. The molecule has 0 aromatic carbocycles. The van der Waals surface area contributed by atoms with E-state index in [-0.39, 0.29) is 11.5 Å². The van der Waals surface area contributed by atoms with Gasteiger partial charge >= 0.3 is 7.12 Å². The first-order valence-electron chi connectivity index (χ1n) is 9.23. The smallest absolute Gasteiger partial charge is 0.404 e. The van der Waals surface area contributed by atoms with Crippen LogP contribution in [0, 0.1) is 17.3 Å². The summed E-state index contributed by atoms with van der Waals surface area (Å²) in [5.41, 5.74) is 5.37. The summed E-state index contributed by atoms with van der Waals surface area (Å²) in [5, 5.41) is 0. The molecule has 5 fully saturated rings. The molecule has 2 heterocycles. The molecule has 25 heavy (non-hydrogen) atoms. The quantitative estimate of drug-likeness (QED) is 0.767. The van der Waals surface area contributed by atoms with Crippen LogP contribution in [-0.2, 0) is 14.1 Å². The average molecular weight is 356 g/mol. The lowest BCUT2D eigenvalue weighted by Gasteiger charge is -2.64. The second kappa shape index (κ2) is 5.17. The van der Waals surface area contributed by atoms with Gasteiger partial charge in [0.15, 0.2) is 0 Å². The Morgan fingerprint density at radius 1 is 1.32 bits per heavy atom. The maximum atomic E-state index is 14.0. The molecular weight excluding hydrogens is 329 g/mol. The number of likely N-dealkylation sites (tertiary alicyclic amines) is 1. The molecule has 2 aliphatic heterocycles. The summed E-state index contributed by atoms with van der Waals surface area (Å²) < 4.78 is 40.5. The summed E-state index contributed by atoms with van der Waals surface area (Å²) in [7, 11) is -0.804. The minimum Gasteiger partial charge on any atom is -0.404 e. The normalized spacial score (nSPS) is 45.1. The highest BCUT2D eigenvalue weighted by molar-refractivity contribution is 6.48. The van der Waals surface area contributed by atoms with Crippen LogP contribution < -0.4 is 5.73 Å². The van der Waals surface area contributed by atoms with Gasteiger partial charge in [0.1, 0.15) is 0 Å². The van der Waals surface area contributed by atoms with Gasteiger partial charge < -0.3 is 19.9 Å².